The molecule has 3 heteroatoms. The van der Waals surface area contributed by atoms with Crippen molar-refractivity contribution in [1.82, 2.24) is 9.55 Å². The van der Waals surface area contributed by atoms with E-state index in [1.54, 1.807) is 0 Å². The molecular formula is C40H25N3. The van der Waals surface area contributed by atoms with Gasteiger partial charge in [-0.05, 0) is 92.3 Å². The van der Waals surface area contributed by atoms with E-state index in [1.807, 2.05) is 24.3 Å². The van der Waals surface area contributed by atoms with Crippen LogP contribution in [0.2, 0.25) is 0 Å². The second kappa shape index (κ2) is 10.1. The standard InChI is InChI=1S/C40H25N3/c41-26-27-14-16-30(17-15-27)39-35-11-5-4-8-29(35)22-23-36(39)31-20-18-28-19-21-32(25-33(28)24-31)40-42-37-12-6-7-13-38(37)43(40)34-9-2-1-3-10-34/h1-25H. The molecule has 0 N–H and O–H groups in total. The minimum Gasteiger partial charge on any atom is -0.292 e. The van der Waals surface area contributed by atoms with Crippen LogP contribution in [0.5, 0.6) is 0 Å². The van der Waals surface area contributed by atoms with Crippen LogP contribution in [-0.2, 0) is 0 Å². The van der Waals surface area contributed by atoms with Crippen molar-refractivity contribution in [2.45, 2.75) is 0 Å². The van der Waals surface area contributed by atoms with Gasteiger partial charge in [0.1, 0.15) is 5.82 Å². The van der Waals surface area contributed by atoms with Crippen molar-refractivity contribution in [2.75, 3.05) is 0 Å². The molecule has 7 aromatic carbocycles. The van der Waals surface area contributed by atoms with E-state index in [1.165, 1.54) is 21.7 Å². The second-order valence-corrected chi connectivity index (χ2v) is 10.8. The lowest BCUT2D eigenvalue weighted by Crippen LogP contribution is -1.97. The second-order valence-electron chi connectivity index (χ2n) is 10.8. The molecule has 1 aromatic heterocycles. The third kappa shape index (κ3) is 4.25. The Labute approximate surface area is 249 Å². The number of rotatable bonds is 4. The van der Waals surface area contributed by atoms with Gasteiger partial charge in [-0.15, -0.1) is 0 Å². The number of imidazole rings is 1. The van der Waals surface area contributed by atoms with Crippen LogP contribution < -0.4 is 0 Å². The average Bonchev–Trinajstić information content (AvgIpc) is 3.47. The maximum Gasteiger partial charge on any atom is 0.145 e. The van der Waals surface area contributed by atoms with Gasteiger partial charge in [0.2, 0.25) is 0 Å². The molecule has 0 bridgehead atoms. The lowest BCUT2D eigenvalue weighted by molar-refractivity contribution is 1.10. The first kappa shape index (κ1) is 24.8. The van der Waals surface area contributed by atoms with E-state index in [-0.39, 0.29) is 0 Å². The quantitative estimate of drug-likeness (QED) is 0.220. The highest BCUT2D eigenvalue weighted by atomic mass is 15.1. The number of hydrogen-bond acceptors (Lipinski definition) is 2. The molecule has 0 radical (unpaired) electrons. The molecule has 43 heavy (non-hydrogen) atoms. The number of fused-ring (bicyclic) bond motifs is 3. The SMILES string of the molecule is N#Cc1ccc(-c2c(-c3ccc4ccc(-c5nc6ccccc6n5-c5ccccc5)cc4c3)ccc3ccccc23)cc1. The molecule has 1 heterocycles. The van der Waals surface area contributed by atoms with Gasteiger partial charge in [-0.25, -0.2) is 4.98 Å². The Morgan fingerprint density at radius 1 is 0.535 bits per heavy atom. The molecule has 0 saturated carbocycles. The van der Waals surface area contributed by atoms with Gasteiger partial charge in [-0.2, -0.15) is 5.26 Å². The van der Waals surface area contributed by atoms with Gasteiger partial charge in [0.15, 0.2) is 0 Å². The smallest absolute Gasteiger partial charge is 0.145 e. The number of benzene rings is 7. The van der Waals surface area contributed by atoms with Gasteiger partial charge in [0.25, 0.3) is 0 Å². The highest BCUT2D eigenvalue weighted by molar-refractivity contribution is 6.05. The molecule has 0 amide bonds. The van der Waals surface area contributed by atoms with Crippen molar-refractivity contribution < 1.29 is 0 Å². The summed E-state index contributed by atoms with van der Waals surface area (Å²) >= 11 is 0. The minimum atomic E-state index is 0.658. The van der Waals surface area contributed by atoms with Gasteiger partial charge in [-0.3, -0.25) is 4.57 Å². The highest BCUT2D eigenvalue weighted by Gasteiger charge is 2.16. The molecule has 8 rings (SSSR count). The Morgan fingerprint density at radius 3 is 2.05 bits per heavy atom. The van der Waals surface area contributed by atoms with E-state index in [9.17, 15) is 5.26 Å². The third-order valence-corrected chi connectivity index (χ3v) is 8.22. The molecule has 0 aliphatic carbocycles. The lowest BCUT2D eigenvalue weighted by atomic mass is 9.88. The summed E-state index contributed by atoms with van der Waals surface area (Å²) in [7, 11) is 0. The predicted octanol–water partition coefficient (Wildman–Crippen LogP) is 10.2. The molecule has 3 nitrogen and oxygen atoms in total. The molecule has 8 aromatic rings. The van der Waals surface area contributed by atoms with E-state index in [4.69, 9.17) is 4.98 Å². The van der Waals surface area contributed by atoms with E-state index in [0.717, 1.165) is 50.2 Å². The van der Waals surface area contributed by atoms with Gasteiger partial charge in [0.05, 0.1) is 22.7 Å². The minimum absolute atomic E-state index is 0.658. The normalized spacial score (nSPS) is 11.2. The molecular weight excluding hydrogens is 522 g/mol. The van der Waals surface area contributed by atoms with E-state index >= 15 is 0 Å². The van der Waals surface area contributed by atoms with Gasteiger partial charge in [0, 0.05) is 11.3 Å². The summed E-state index contributed by atoms with van der Waals surface area (Å²) in [5, 5.41) is 14.1. The molecule has 0 aliphatic rings. The monoisotopic (exact) mass is 547 g/mol. The fourth-order valence-electron chi connectivity index (χ4n) is 6.15. The summed E-state index contributed by atoms with van der Waals surface area (Å²) in [6.45, 7) is 0. The highest BCUT2D eigenvalue weighted by Crippen LogP contribution is 2.40. The summed E-state index contributed by atoms with van der Waals surface area (Å²) < 4.78 is 2.24. The molecule has 200 valence electrons. The van der Waals surface area contributed by atoms with Crippen LogP contribution in [0.25, 0.3) is 71.9 Å². The molecule has 0 aliphatic heterocycles. The zero-order chi connectivity index (χ0) is 28.8. The number of nitriles is 1. The van der Waals surface area contributed by atoms with Crippen LogP contribution >= 0.6 is 0 Å². The lowest BCUT2D eigenvalue weighted by Gasteiger charge is -2.15. The first-order valence-corrected chi connectivity index (χ1v) is 14.4. The number of aromatic nitrogens is 2. The van der Waals surface area contributed by atoms with E-state index in [0.29, 0.717) is 5.56 Å². The summed E-state index contributed by atoms with van der Waals surface area (Å²) in [5.74, 6) is 0.920. The number of nitrogens with zero attached hydrogens (tertiary/aromatic N) is 3. The van der Waals surface area contributed by atoms with Crippen molar-refractivity contribution >= 4 is 32.6 Å². The zero-order valence-corrected chi connectivity index (χ0v) is 23.3. The van der Waals surface area contributed by atoms with Gasteiger partial charge in [-0.1, -0.05) is 103 Å². The summed E-state index contributed by atoms with van der Waals surface area (Å²) in [5.41, 5.74) is 9.43. The summed E-state index contributed by atoms with van der Waals surface area (Å²) in [6, 6.07) is 55.1. The van der Waals surface area contributed by atoms with Crippen molar-refractivity contribution in [3.05, 3.63) is 157 Å². The van der Waals surface area contributed by atoms with Crippen LogP contribution in [-0.4, -0.2) is 9.55 Å². The van der Waals surface area contributed by atoms with Crippen molar-refractivity contribution in [3.63, 3.8) is 0 Å². The first-order valence-electron chi connectivity index (χ1n) is 14.4. The number of hydrogen-bond donors (Lipinski definition) is 0. The van der Waals surface area contributed by atoms with E-state index in [2.05, 4.69) is 138 Å². The number of para-hydroxylation sites is 3. The Kier molecular flexibility index (Phi) is 5.84. The predicted molar refractivity (Wildman–Crippen MR) is 177 cm³/mol. The Morgan fingerprint density at radius 2 is 1.21 bits per heavy atom. The maximum absolute atomic E-state index is 9.38. The molecule has 0 unspecified atom stereocenters. The average molecular weight is 548 g/mol. The third-order valence-electron chi connectivity index (χ3n) is 8.22. The van der Waals surface area contributed by atoms with Gasteiger partial charge >= 0.3 is 0 Å². The van der Waals surface area contributed by atoms with Crippen LogP contribution in [0.15, 0.2) is 152 Å². The Bertz CT molecular complexity index is 2340. The maximum atomic E-state index is 9.38. The topological polar surface area (TPSA) is 41.6 Å². The van der Waals surface area contributed by atoms with Gasteiger partial charge < -0.3 is 0 Å². The Balaban J connectivity index is 1.32. The Hall–Kier alpha value is -5.98. The van der Waals surface area contributed by atoms with Crippen LogP contribution in [0.1, 0.15) is 5.56 Å². The molecule has 0 atom stereocenters. The van der Waals surface area contributed by atoms with E-state index < -0.39 is 0 Å². The van der Waals surface area contributed by atoms with Crippen molar-refractivity contribution in [1.29, 1.82) is 5.26 Å². The van der Waals surface area contributed by atoms with Crippen LogP contribution in [0, 0.1) is 11.3 Å². The largest absolute Gasteiger partial charge is 0.292 e. The van der Waals surface area contributed by atoms with Crippen LogP contribution in [0.4, 0.5) is 0 Å². The first-order chi connectivity index (χ1) is 21.3. The summed E-state index contributed by atoms with van der Waals surface area (Å²) in [6.07, 6.45) is 0. The fourth-order valence-corrected chi connectivity index (χ4v) is 6.15. The zero-order valence-electron chi connectivity index (χ0n) is 23.3. The molecule has 0 spiro atoms. The summed E-state index contributed by atoms with van der Waals surface area (Å²) in [4.78, 5) is 5.09. The van der Waals surface area contributed by atoms with Crippen molar-refractivity contribution in [3.8, 4) is 45.4 Å². The van der Waals surface area contributed by atoms with Crippen molar-refractivity contribution in [2.24, 2.45) is 0 Å². The van der Waals surface area contributed by atoms with Crippen LogP contribution in [0.3, 0.4) is 0 Å². The fraction of sp³-hybridized carbons (Fsp3) is 0. The molecule has 0 fully saturated rings. The molecule has 0 saturated heterocycles.